The fourth-order valence-corrected chi connectivity index (χ4v) is 2.31. The maximum absolute atomic E-state index is 12.2. The number of hydrogen-bond donors (Lipinski definition) is 0. The van der Waals surface area contributed by atoms with Crippen LogP contribution < -0.4 is 0 Å². The Kier molecular flexibility index (Phi) is 5.87. The molecule has 0 aliphatic rings. The summed E-state index contributed by atoms with van der Waals surface area (Å²) in [5.74, 6) is -0.301. The summed E-state index contributed by atoms with van der Waals surface area (Å²) >= 11 is 0. The van der Waals surface area contributed by atoms with E-state index in [0.29, 0.717) is 30.6 Å². The quantitative estimate of drug-likeness (QED) is 0.444. The Labute approximate surface area is 136 Å². The molecule has 2 rings (SSSR count). The Morgan fingerprint density at radius 1 is 0.957 bits per heavy atom. The van der Waals surface area contributed by atoms with Crippen LogP contribution in [0.4, 0.5) is 0 Å². The number of carbonyl (C=O) groups is 2. The first-order chi connectivity index (χ1) is 11.1. The second-order valence-electron chi connectivity index (χ2n) is 5.29. The molecule has 0 heterocycles. The van der Waals surface area contributed by atoms with Crippen LogP contribution >= 0.6 is 0 Å². The lowest BCUT2D eigenvalue weighted by Crippen LogP contribution is -2.09. The minimum Gasteiger partial charge on any atom is -0.463 e. The van der Waals surface area contributed by atoms with Crippen molar-refractivity contribution in [2.75, 3.05) is 6.61 Å². The van der Waals surface area contributed by atoms with Crippen LogP contribution in [0.1, 0.15) is 28.4 Å². The number of hydrogen-bond acceptors (Lipinski definition) is 3. The van der Waals surface area contributed by atoms with Crippen LogP contribution in [0.15, 0.2) is 66.7 Å². The van der Waals surface area contributed by atoms with Crippen molar-refractivity contribution in [3.8, 4) is 0 Å². The third-order valence-electron chi connectivity index (χ3n) is 3.43. The lowest BCUT2D eigenvalue weighted by atomic mass is 9.99. The average molecular weight is 308 g/mol. The van der Waals surface area contributed by atoms with E-state index in [4.69, 9.17) is 4.74 Å². The predicted octanol–water partition coefficient (Wildman–Crippen LogP) is 3.77. The fourth-order valence-electron chi connectivity index (χ4n) is 2.31. The Morgan fingerprint density at radius 3 is 2.26 bits per heavy atom. The summed E-state index contributed by atoms with van der Waals surface area (Å²) in [5.41, 5.74) is 2.99. The summed E-state index contributed by atoms with van der Waals surface area (Å²) in [6, 6.07) is 16.9. The van der Waals surface area contributed by atoms with Gasteiger partial charge in [0, 0.05) is 24.0 Å². The van der Waals surface area contributed by atoms with Gasteiger partial charge in [0.2, 0.25) is 0 Å². The van der Waals surface area contributed by atoms with Gasteiger partial charge in [0.05, 0.1) is 6.61 Å². The van der Waals surface area contributed by atoms with Crippen molar-refractivity contribution in [2.24, 2.45) is 0 Å². The molecule has 0 fully saturated rings. The van der Waals surface area contributed by atoms with E-state index in [1.54, 1.807) is 6.92 Å². The molecule has 0 aliphatic carbocycles. The monoisotopic (exact) mass is 308 g/mol. The lowest BCUT2D eigenvalue weighted by Gasteiger charge is -2.07. The van der Waals surface area contributed by atoms with Crippen molar-refractivity contribution in [3.05, 3.63) is 83.4 Å². The molecule has 0 N–H and O–H groups in total. The van der Waals surface area contributed by atoms with Crippen molar-refractivity contribution in [2.45, 2.75) is 19.8 Å². The van der Waals surface area contributed by atoms with Gasteiger partial charge in [-0.05, 0) is 18.1 Å². The average Bonchev–Trinajstić information content (AvgIpc) is 2.56. The van der Waals surface area contributed by atoms with Crippen LogP contribution in [0.2, 0.25) is 0 Å². The molecule has 2 aromatic rings. The van der Waals surface area contributed by atoms with E-state index in [1.807, 2.05) is 54.6 Å². The fraction of sp³-hybridized carbons (Fsp3) is 0.200. The number of rotatable bonds is 7. The van der Waals surface area contributed by atoms with Gasteiger partial charge < -0.3 is 4.74 Å². The normalized spacial score (nSPS) is 10.1. The number of ketones is 1. The van der Waals surface area contributed by atoms with Gasteiger partial charge in [-0.1, -0.05) is 61.2 Å². The first-order valence-corrected chi connectivity index (χ1v) is 7.61. The van der Waals surface area contributed by atoms with E-state index < -0.39 is 0 Å². The molecule has 0 aliphatic heterocycles. The first kappa shape index (κ1) is 16.7. The van der Waals surface area contributed by atoms with Crippen LogP contribution in [-0.4, -0.2) is 18.4 Å². The summed E-state index contributed by atoms with van der Waals surface area (Å²) in [5, 5.41) is 0. The molecule has 0 amide bonds. The largest absolute Gasteiger partial charge is 0.463 e. The molecule has 0 aromatic heterocycles. The lowest BCUT2D eigenvalue weighted by molar-refractivity contribution is -0.138. The zero-order valence-electron chi connectivity index (χ0n) is 13.2. The molecule has 118 valence electrons. The molecular weight excluding hydrogens is 288 g/mol. The maximum atomic E-state index is 12.2. The van der Waals surface area contributed by atoms with Gasteiger partial charge in [-0.3, -0.25) is 4.79 Å². The predicted molar refractivity (Wildman–Crippen MR) is 90.4 cm³/mol. The van der Waals surface area contributed by atoms with E-state index in [-0.39, 0.29) is 11.8 Å². The molecule has 0 atom stereocenters. The minimum atomic E-state index is -0.377. The van der Waals surface area contributed by atoms with Gasteiger partial charge in [-0.2, -0.15) is 0 Å². The highest BCUT2D eigenvalue weighted by Crippen LogP contribution is 2.13. The number of Topliss-reactive ketones (excluding diaryl/α,β-unsaturated/α-hetero) is 1. The van der Waals surface area contributed by atoms with Crippen molar-refractivity contribution in [1.29, 1.82) is 0 Å². The van der Waals surface area contributed by atoms with Crippen molar-refractivity contribution < 1.29 is 14.3 Å². The topological polar surface area (TPSA) is 43.4 Å². The first-order valence-electron chi connectivity index (χ1n) is 7.61. The highest BCUT2D eigenvalue weighted by molar-refractivity contribution is 5.97. The molecule has 0 spiro atoms. The smallest absolute Gasteiger partial charge is 0.333 e. The zero-order chi connectivity index (χ0) is 16.7. The van der Waals surface area contributed by atoms with Gasteiger partial charge in [-0.15, -0.1) is 0 Å². The summed E-state index contributed by atoms with van der Waals surface area (Å²) in [4.78, 5) is 23.9. The van der Waals surface area contributed by atoms with Crippen molar-refractivity contribution in [3.63, 3.8) is 0 Å². The van der Waals surface area contributed by atoms with Crippen LogP contribution in [0.5, 0.6) is 0 Å². The van der Waals surface area contributed by atoms with Crippen LogP contribution in [0.25, 0.3) is 0 Å². The van der Waals surface area contributed by atoms with Crippen molar-refractivity contribution >= 4 is 11.8 Å². The van der Waals surface area contributed by atoms with E-state index in [9.17, 15) is 9.59 Å². The summed E-state index contributed by atoms with van der Waals surface area (Å²) in [7, 11) is 0. The summed E-state index contributed by atoms with van der Waals surface area (Å²) in [6.07, 6.45) is 0.760. The summed E-state index contributed by atoms with van der Waals surface area (Å²) in [6.45, 7) is 5.87. The Balaban J connectivity index is 2.04. The number of carbonyl (C=O) groups excluding carboxylic acids is 2. The molecular formula is C20H20O3. The van der Waals surface area contributed by atoms with Gasteiger partial charge in [0.25, 0.3) is 0 Å². The third-order valence-corrected chi connectivity index (χ3v) is 3.43. The van der Waals surface area contributed by atoms with E-state index >= 15 is 0 Å². The SMILES string of the molecule is C=C(Cc1cccc(CC(=O)c2ccccc2)c1)C(=O)OCC. The van der Waals surface area contributed by atoms with Crippen molar-refractivity contribution in [1.82, 2.24) is 0 Å². The van der Waals surface area contributed by atoms with Gasteiger partial charge in [0.1, 0.15) is 0 Å². The highest BCUT2D eigenvalue weighted by Gasteiger charge is 2.10. The number of ether oxygens (including phenoxy) is 1. The Morgan fingerprint density at radius 2 is 1.61 bits per heavy atom. The van der Waals surface area contributed by atoms with Crippen LogP contribution in [0, 0.1) is 0 Å². The number of esters is 1. The molecule has 0 saturated carbocycles. The van der Waals surface area contributed by atoms with Gasteiger partial charge >= 0.3 is 5.97 Å². The minimum absolute atomic E-state index is 0.0759. The molecule has 23 heavy (non-hydrogen) atoms. The standard InChI is InChI=1S/C20H20O3/c1-3-23-20(22)15(2)12-16-8-7-9-17(13-16)14-19(21)18-10-5-4-6-11-18/h4-11,13H,2-3,12,14H2,1H3. The molecule has 2 aromatic carbocycles. The second-order valence-corrected chi connectivity index (χ2v) is 5.29. The molecule has 0 saturated heterocycles. The molecule has 0 bridgehead atoms. The Hall–Kier alpha value is -2.68. The van der Waals surface area contributed by atoms with E-state index in [2.05, 4.69) is 6.58 Å². The van der Waals surface area contributed by atoms with E-state index in [1.165, 1.54) is 0 Å². The Bertz CT molecular complexity index is 702. The van der Waals surface area contributed by atoms with Gasteiger partial charge in [-0.25, -0.2) is 4.79 Å². The van der Waals surface area contributed by atoms with E-state index in [0.717, 1.165) is 11.1 Å². The number of benzene rings is 2. The second kappa shape index (κ2) is 8.08. The maximum Gasteiger partial charge on any atom is 0.333 e. The van der Waals surface area contributed by atoms with Crippen LogP contribution in [0.3, 0.4) is 0 Å². The molecule has 3 nitrogen and oxygen atoms in total. The molecule has 3 heteroatoms. The van der Waals surface area contributed by atoms with Gasteiger partial charge in [0.15, 0.2) is 5.78 Å². The zero-order valence-corrected chi connectivity index (χ0v) is 13.2. The molecule has 0 radical (unpaired) electrons. The third kappa shape index (κ3) is 4.92. The highest BCUT2D eigenvalue weighted by atomic mass is 16.5. The molecule has 0 unspecified atom stereocenters. The summed E-state index contributed by atoms with van der Waals surface area (Å²) < 4.78 is 4.94. The van der Waals surface area contributed by atoms with Crippen LogP contribution in [-0.2, 0) is 22.4 Å².